The second-order valence-electron chi connectivity index (χ2n) is 6.14. The van der Waals surface area contributed by atoms with Gasteiger partial charge in [0.05, 0.1) is 0 Å². The summed E-state index contributed by atoms with van der Waals surface area (Å²) in [6.45, 7) is 3.37. The molecule has 0 unspecified atom stereocenters. The molecule has 2 heterocycles. The first kappa shape index (κ1) is 16.8. The molecule has 2 aromatic carbocycles. The Bertz CT molecular complexity index is 1100. The molecule has 134 valence electrons. The number of nitrogens with zero attached hydrogens (tertiary/aromatic N) is 2. The van der Waals surface area contributed by atoms with Crippen molar-refractivity contribution in [2.45, 2.75) is 13.8 Å². The summed E-state index contributed by atoms with van der Waals surface area (Å²) in [6.07, 6.45) is 1.62. The second-order valence-corrected chi connectivity index (χ2v) is 6.14. The molecule has 0 fully saturated rings. The van der Waals surface area contributed by atoms with Gasteiger partial charge in [-0.25, -0.2) is 4.98 Å². The van der Waals surface area contributed by atoms with Crippen LogP contribution in [0.1, 0.15) is 12.5 Å². The van der Waals surface area contributed by atoms with Crippen molar-refractivity contribution in [1.29, 1.82) is 0 Å². The van der Waals surface area contributed by atoms with Crippen LogP contribution in [0.5, 0.6) is 11.8 Å². The molecular weight excluding hydrogens is 342 g/mol. The molecule has 27 heavy (non-hydrogen) atoms. The highest BCUT2D eigenvalue weighted by Gasteiger charge is 2.11. The Morgan fingerprint density at radius 2 is 1.96 bits per heavy atom. The Morgan fingerprint density at radius 3 is 2.78 bits per heavy atom. The number of nitrogens with one attached hydrogen (secondary N) is 1. The Balaban J connectivity index is 1.64. The summed E-state index contributed by atoms with van der Waals surface area (Å²) < 4.78 is 11.7. The van der Waals surface area contributed by atoms with E-state index in [9.17, 15) is 4.79 Å². The number of benzene rings is 2. The van der Waals surface area contributed by atoms with Gasteiger partial charge in [-0.15, -0.1) is 0 Å². The minimum atomic E-state index is -0.145. The van der Waals surface area contributed by atoms with Crippen LogP contribution >= 0.6 is 0 Å². The largest absolute Gasteiger partial charge is 0.454 e. The molecule has 1 N–H and O–H groups in total. The van der Waals surface area contributed by atoms with Gasteiger partial charge in [0.2, 0.25) is 5.91 Å². The molecule has 0 radical (unpaired) electrons. The molecule has 1 amide bonds. The molecule has 4 rings (SSSR count). The zero-order valence-corrected chi connectivity index (χ0v) is 14.9. The van der Waals surface area contributed by atoms with Crippen molar-refractivity contribution < 1.29 is 13.9 Å². The number of hydrogen-bond acceptors (Lipinski definition) is 5. The summed E-state index contributed by atoms with van der Waals surface area (Å²) in [5, 5.41) is 3.74. The van der Waals surface area contributed by atoms with Crippen LogP contribution in [0, 0.1) is 6.92 Å². The zero-order valence-electron chi connectivity index (χ0n) is 14.9. The number of aryl methyl sites for hydroxylation is 1. The molecule has 0 aliphatic heterocycles. The van der Waals surface area contributed by atoms with Crippen LogP contribution in [0.25, 0.3) is 22.4 Å². The van der Waals surface area contributed by atoms with E-state index in [1.54, 1.807) is 18.3 Å². The van der Waals surface area contributed by atoms with Gasteiger partial charge >= 0.3 is 6.01 Å². The molecule has 4 aromatic rings. The second kappa shape index (κ2) is 6.92. The number of hydrogen-bond donors (Lipinski definition) is 1. The fourth-order valence-electron chi connectivity index (χ4n) is 2.72. The van der Waals surface area contributed by atoms with E-state index in [4.69, 9.17) is 9.15 Å². The monoisotopic (exact) mass is 359 g/mol. The Hall–Kier alpha value is -3.67. The number of carbonyl (C=O) groups excluding carboxylic acids is 1. The SMILES string of the molecule is CC(=O)Nc1ccc(C)c(Oc2nccc(-c3cc4ccccc4o3)n2)c1. The first-order chi connectivity index (χ1) is 13.1. The lowest BCUT2D eigenvalue weighted by molar-refractivity contribution is -0.114. The molecule has 0 atom stereocenters. The fraction of sp³-hybridized carbons (Fsp3) is 0.0952. The summed E-state index contributed by atoms with van der Waals surface area (Å²) in [6, 6.07) is 17.1. The highest BCUT2D eigenvalue weighted by Crippen LogP contribution is 2.29. The molecule has 0 spiro atoms. The number of fused-ring (bicyclic) bond motifs is 1. The van der Waals surface area contributed by atoms with Crippen molar-refractivity contribution in [2.24, 2.45) is 0 Å². The first-order valence-electron chi connectivity index (χ1n) is 8.46. The highest BCUT2D eigenvalue weighted by molar-refractivity contribution is 5.89. The van der Waals surface area contributed by atoms with Gasteiger partial charge in [-0.1, -0.05) is 24.3 Å². The van der Waals surface area contributed by atoms with Crippen LogP contribution < -0.4 is 10.1 Å². The Morgan fingerprint density at radius 1 is 1.11 bits per heavy atom. The average Bonchev–Trinajstić information content (AvgIpc) is 3.09. The number of aromatic nitrogens is 2. The number of amides is 1. The summed E-state index contributed by atoms with van der Waals surface area (Å²) in [5.41, 5.74) is 2.98. The van der Waals surface area contributed by atoms with E-state index < -0.39 is 0 Å². The van der Waals surface area contributed by atoms with Crippen LogP contribution in [0.2, 0.25) is 0 Å². The number of ether oxygens (including phenoxy) is 1. The Labute approximate surface area is 155 Å². The summed E-state index contributed by atoms with van der Waals surface area (Å²) in [4.78, 5) is 19.9. The van der Waals surface area contributed by atoms with E-state index in [0.29, 0.717) is 22.9 Å². The lowest BCUT2D eigenvalue weighted by Gasteiger charge is -2.10. The predicted molar refractivity (Wildman–Crippen MR) is 103 cm³/mol. The third-order valence-electron chi connectivity index (χ3n) is 4.02. The number of para-hydroxylation sites is 1. The lowest BCUT2D eigenvalue weighted by atomic mass is 10.2. The van der Waals surface area contributed by atoms with E-state index in [0.717, 1.165) is 16.5 Å². The molecule has 0 saturated heterocycles. The maximum Gasteiger partial charge on any atom is 0.322 e. The molecule has 0 saturated carbocycles. The van der Waals surface area contributed by atoms with Gasteiger partial charge in [0.15, 0.2) is 5.76 Å². The van der Waals surface area contributed by atoms with E-state index in [1.165, 1.54) is 6.92 Å². The minimum Gasteiger partial charge on any atom is -0.454 e. The normalized spacial score (nSPS) is 10.7. The quantitative estimate of drug-likeness (QED) is 0.558. The van der Waals surface area contributed by atoms with Crippen molar-refractivity contribution >= 4 is 22.6 Å². The maximum absolute atomic E-state index is 11.3. The number of rotatable bonds is 4. The molecule has 6 nitrogen and oxygen atoms in total. The van der Waals surface area contributed by atoms with Gasteiger partial charge in [0, 0.05) is 30.3 Å². The van der Waals surface area contributed by atoms with Gasteiger partial charge in [-0.3, -0.25) is 4.79 Å². The van der Waals surface area contributed by atoms with Crippen molar-refractivity contribution in [2.75, 3.05) is 5.32 Å². The van der Waals surface area contributed by atoms with E-state index in [1.807, 2.05) is 49.4 Å². The molecule has 2 aromatic heterocycles. The van der Waals surface area contributed by atoms with Gasteiger partial charge in [-0.05, 0) is 36.8 Å². The fourth-order valence-corrected chi connectivity index (χ4v) is 2.72. The van der Waals surface area contributed by atoms with Crippen LogP contribution in [-0.2, 0) is 4.79 Å². The van der Waals surface area contributed by atoms with Crippen LogP contribution in [0.3, 0.4) is 0 Å². The van der Waals surface area contributed by atoms with E-state index in [-0.39, 0.29) is 11.9 Å². The van der Waals surface area contributed by atoms with Gasteiger partial charge in [0.25, 0.3) is 0 Å². The van der Waals surface area contributed by atoms with Gasteiger partial charge in [-0.2, -0.15) is 4.98 Å². The summed E-state index contributed by atoms with van der Waals surface area (Å²) in [7, 11) is 0. The van der Waals surface area contributed by atoms with Crippen molar-refractivity contribution in [1.82, 2.24) is 9.97 Å². The van der Waals surface area contributed by atoms with Crippen LogP contribution in [-0.4, -0.2) is 15.9 Å². The molecule has 0 aliphatic rings. The molecular formula is C21H17N3O3. The highest BCUT2D eigenvalue weighted by atomic mass is 16.5. The van der Waals surface area contributed by atoms with Crippen LogP contribution in [0.15, 0.2) is 65.2 Å². The minimum absolute atomic E-state index is 0.145. The predicted octanol–water partition coefficient (Wildman–Crippen LogP) is 4.95. The van der Waals surface area contributed by atoms with Crippen molar-refractivity contribution in [3.05, 3.63) is 66.4 Å². The van der Waals surface area contributed by atoms with Crippen molar-refractivity contribution in [3.63, 3.8) is 0 Å². The van der Waals surface area contributed by atoms with Crippen molar-refractivity contribution in [3.8, 4) is 23.2 Å². The number of carbonyl (C=O) groups is 1. The number of furan rings is 1. The maximum atomic E-state index is 11.3. The molecule has 6 heteroatoms. The zero-order chi connectivity index (χ0) is 18.8. The standard InChI is InChI=1S/C21H17N3O3/c1-13-7-8-16(23-14(2)25)12-19(13)27-21-22-10-9-17(24-21)20-11-15-5-3-4-6-18(15)26-20/h3-12H,1-2H3,(H,23,25). The lowest BCUT2D eigenvalue weighted by Crippen LogP contribution is -2.06. The summed E-state index contributed by atoms with van der Waals surface area (Å²) >= 11 is 0. The topological polar surface area (TPSA) is 77.2 Å². The van der Waals surface area contributed by atoms with E-state index in [2.05, 4.69) is 15.3 Å². The average molecular weight is 359 g/mol. The van der Waals surface area contributed by atoms with E-state index >= 15 is 0 Å². The first-order valence-corrected chi connectivity index (χ1v) is 8.46. The Kier molecular flexibility index (Phi) is 4.30. The van der Waals surface area contributed by atoms with Gasteiger partial charge in [0.1, 0.15) is 17.0 Å². The van der Waals surface area contributed by atoms with Gasteiger partial charge < -0.3 is 14.5 Å². The van der Waals surface area contributed by atoms with Crippen LogP contribution in [0.4, 0.5) is 5.69 Å². The third-order valence-corrected chi connectivity index (χ3v) is 4.02. The molecule has 0 bridgehead atoms. The smallest absolute Gasteiger partial charge is 0.322 e. The summed E-state index contributed by atoms with van der Waals surface area (Å²) in [5.74, 6) is 1.07. The number of anilines is 1. The molecule has 0 aliphatic carbocycles. The third kappa shape index (κ3) is 3.64.